The number of aryl methyl sites for hydroxylation is 1. The van der Waals surface area contributed by atoms with Gasteiger partial charge in [-0.2, -0.15) is 4.52 Å². The summed E-state index contributed by atoms with van der Waals surface area (Å²) in [7, 11) is 0. The Morgan fingerprint density at radius 3 is 3.05 bits per heavy atom. The molecule has 3 fully saturated rings. The molecule has 5 nitrogen and oxygen atoms in total. The first-order valence-corrected chi connectivity index (χ1v) is 8.72. The molecule has 3 aliphatic rings. The molecule has 1 aliphatic heterocycles. The number of anilines is 1. The quantitative estimate of drug-likeness (QED) is 0.851. The van der Waals surface area contributed by atoms with Gasteiger partial charge in [0.1, 0.15) is 0 Å². The maximum absolute atomic E-state index is 12.1. The van der Waals surface area contributed by atoms with E-state index < -0.39 is 0 Å². The van der Waals surface area contributed by atoms with Gasteiger partial charge < -0.3 is 4.90 Å². The van der Waals surface area contributed by atoms with Crippen molar-refractivity contribution in [3.05, 3.63) is 22.1 Å². The number of rotatable bonds is 2. The van der Waals surface area contributed by atoms with Gasteiger partial charge in [-0.1, -0.05) is 18.3 Å². The van der Waals surface area contributed by atoms with Gasteiger partial charge in [-0.05, 0) is 37.5 Å². The molecule has 0 amide bonds. The molecule has 0 radical (unpaired) electrons. The second kappa shape index (κ2) is 4.06. The fourth-order valence-electron chi connectivity index (χ4n) is 4.68. The van der Waals surface area contributed by atoms with Crippen molar-refractivity contribution >= 4 is 21.4 Å². The van der Waals surface area contributed by atoms with E-state index in [-0.39, 0.29) is 5.56 Å². The van der Waals surface area contributed by atoms with Gasteiger partial charge >= 0.3 is 0 Å². The predicted octanol–water partition coefficient (Wildman–Crippen LogP) is 1.95. The Balaban J connectivity index is 1.54. The Hall–Kier alpha value is -1.43. The van der Waals surface area contributed by atoms with Crippen molar-refractivity contribution in [3.8, 4) is 0 Å². The van der Waals surface area contributed by atoms with Gasteiger partial charge in [-0.3, -0.25) is 4.79 Å². The van der Waals surface area contributed by atoms with Gasteiger partial charge in [0.15, 0.2) is 0 Å². The molecule has 2 saturated carbocycles. The van der Waals surface area contributed by atoms with Crippen molar-refractivity contribution in [1.29, 1.82) is 0 Å². The molecule has 3 heterocycles. The van der Waals surface area contributed by atoms with E-state index in [0.29, 0.717) is 6.04 Å². The molecule has 2 aromatic rings. The highest BCUT2D eigenvalue weighted by Crippen LogP contribution is 2.56. The lowest BCUT2D eigenvalue weighted by Gasteiger charge is -2.50. The van der Waals surface area contributed by atoms with E-state index >= 15 is 0 Å². The van der Waals surface area contributed by atoms with Crippen LogP contribution in [0.3, 0.4) is 0 Å². The Bertz CT molecular complexity index is 780. The lowest BCUT2D eigenvalue weighted by atomic mass is 9.77. The highest BCUT2D eigenvalue weighted by Gasteiger charge is 2.57. The summed E-state index contributed by atoms with van der Waals surface area (Å²) in [5.74, 6) is 2.70. The maximum atomic E-state index is 12.1. The Morgan fingerprint density at radius 2 is 2.24 bits per heavy atom. The molecule has 0 unspecified atom stereocenters. The van der Waals surface area contributed by atoms with Crippen LogP contribution in [-0.2, 0) is 6.42 Å². The average Bonchev–Trinajstić information content (AvgIpc) is 3.10. The van der Waals surface area contributed by atoms with Gasteiger partial charge in [0.25, 0.3) is 5.56 Å². The van der Waals surface area contributed by atoms with E-state index in [1.165, 1.54) is 23.8 Å². The molecular formula is C15H18N4OS. The largest absolute Gasteiger partial charge is 0.343 e. The summed E-state index contributed by atoms with van der Waals surface area (Å²) >= 11 is 1.57. The van der Waals surface area contributed by atoms with Crippen LogP contribution in [0.15, 0.2) is 10.9 Å². The number of aromatic nitrogens is 3. The normalized spacial score (nSPS) is 33.5. The summed E-state index contributed by atoms with van der Waals surface area (Å²) in [6.07, 6.45) is 5.01. The highest BCUT2D eigenvalue weighted by atomic mass is 32.1. The molecule has 0 aromatic carbocycles. The molecule has 2 bridgehead atoms. The van der Waals surface area contributed by atoms with E-state index in [1.54, 1.807) is 17.4 Å². The van der Waals surface area contributed by atoms with Gasteiger partial charge in [-0.25, -0.2) is 4.98 Å². The van der Waals surface area contributed by atoms with Crippen LogP contribution in [0.2, 0.25) is 0 Å². The minimum atomic E-state index is -0.0515. The van der Waals surface area contributed by atoms with Crippen LogP contribution >= 0.6 is 11.3 Å². The van der Waals surface area contributed by atoms with E-state index in [0.717, 1.165) is 46.5 Å². The molecule has 4 atom stereocenters. The molecular weight excluding hydrogens is 284 g/mol. The molecule has 0 spiro atoms. The van der Waals surface area contributed by atoms with Gasteiger partial charge in [0.2, 0.25) is 10.1 Å². The van der Waals surface area contributed by atoms with Crippen molar-refractivity contribution in [1.82, 2.24) is 14.6 Å². The number of hydrogen-bond donors (Lipinski definition) is 0. The second-order valence-corrected chi connectivity index (χ2v) is 7.59. The van der Waals surface area contributed by atoms with Crippen LogP contribution in [0.5, 0.6) is 0 Å². The Morgan fingerprint density at radius 1 is 1.38 bits per heavy atom. The van der Waals surface area contributed by atoms with Crippen LogP contribution < -0.4 is 10.5 Å². The lowest BCUT2D eigenvalue weighted by Crippen LogP contribution is -2.59. The topological polar surface area (TPSA) is 50.5 Å². The van der Waals surface area contributed by atoms with Crippen molar-refractivity contribution < 1.29 is 0 Å². The van der Waals surface area contributed by atoms with Crippen LogP contribution in [0.4, 0.5) is 5.13 Å². The standard InChI is InChI=1S/C15H18N4OS/c1-2-10-6-12(20)19-14(16-10)21-15(17-19)18-7-11-8-3-4-9(5-8)13(11)18/h6,8-9,11,13H,2-5,7H2,1H3/t8-,9-,11-,13+/m0/s1. The molecule has 21 heavy (non-hydrogen) atoms. The molecule has 6 heteroatoms. The summed E-state index contributed by atoms with van der Waals surface area (Å²) in [6, 6.07) is 2.29. The van der Waals surface area contributed by atoms with Crippen LogP contribution in [0.1, 0.15) is 31.9 Å². The number of nitrogens with zero attached hydrogens (tertiary/aromatic N) is 4. The minimum absolute atomic E-state index is 0.0515. The van der Waals surface area contributed by atoms with Crippen LogP contribution in [-0.4, -0.2) is 27.2 Å². The summed E-state index contributed by atoms with van der Waals surface area (Å²) < 4.78 is 1.47. The summed E-state index contributed by atoms with van der Waals surface area (Å²) in [6.45, 7) is 3.15. The van der Waals surface area contributed by atoms with Gasteiger partial charge in [0, 0.05) is 30.3 Å². The second-order valence-electron chi connectivity index (χ2n) is 6.66. The fourth-order valence-corrected chi connectivity index (χ4v) is 5.66. The third-order valence-corrected chi connectivity index (χ3v) is 6.65. The average molecular weight is 302 g/mol. The number of fused-ring (bicyclic) bond motifs is 6. The lowest BCUT2D eigenvalue weighted by molar-refractivity contribution is 0.199. The van der Waals surface area contributed by atoms with E-state index in [9.17, 15) is 4.79 Å². The van der Waals surface area contributed by atoms with Crippen molar-refractivity contribution in [2.45, 2.75) is 38.6 Å². The SMILES string of the molecule is CCc1cc(=O)n2nc(N3C[C@H]4[C@H]5CC[C@@H](C5)[C@H]43)sc2n1. The first-order chi connectivity index (χ1) is 10.2. The van der Waals surface area contributed by atoms with Crippen molar-refractivity contribution in [2.24, 2.45) is 17.8 Å². The minimum Gasteiger partial charge on any atom is -0.343 e. The monoisotopic (exact) mass is 302 g/mol. The molecule has 0 N–H and O–H groups in total. The van der Waals surface area contributed by atoms with Gasteiger partial charge in [-0.15, -0.1) is 5.10 Å². The smallest absolute Gasteiger partial charge is 0.275 e. The molecule has 110 valence electrons. The maximum Gasteiger partial charge on any atom is 0.275 e. The molecule has 5 rings (SSSR count). The fraction of sp³-hybridized carbons (Fsp3) is 0.667. The molecule has 2 aromatic heterocycles. The molecule has 2 aliphatic carbocycles. The van der Waals surface area contributed by atoms with Crippen molar-refractivity contribution in [2.75, 3.05) is 11.4 Å². The zero-order valence-electron chi connectivity index (χ0n) is 12.0. The third-order valence-electron chi connectivity index (χ3n) is 5.70. The zero-order chi connectivity index (χ0) is 14.1. The Kier molecular flexibility index (Phi) is 2.35. The Labute approximate surface area is 126 Å². The zero-order valence-corrected chi connectivity index (χ0v) is 12.8. The third kappa shape index (κ3) is 1.54. The summed E-state index contributed by atoms with van der Waals surface area (Å²) in [4.78, 5) is 19.8. The van der Waals surface area contributed by atoms with Crippen LogP contribution in [0.25, 0.3) is 4.96 Å². The number of hydrogen-bond acceptors (Lipinski definition) is 5. The summed E-state index contributed by atoms with van der Waals surface area (Å²) in [5, 5.41) is 5.53. The van der Waals surface area contributed by atoms with E-state index in [2.05, 4.69) is 15.0 Å². The predicted molar refractivity (Wildman–Crippen MR) is 82.0 cm³/mol. The first kappa shape index (κ1) is 12.1. The van der Waals surface area contributed by atoms with Crippen molar-refractivity contribution in [3.63, 3.8) is 0 Å². The van der Waals surface area contributed by atoms with E-state index in [4.69, 9.17) is 0 Å². The van der Waals surface area contributed by atoms with Crippen LogP contribution in [0, 0.1) is 17.8 Å². The highest BCUT2D eigenvalue weighted by molar-refractivity contribution is 7.20. The van der Waals surface area contributed by atoms with E-state index in [1.807, 2.05) is 6.92 Å². The van der Waals surface area contributed by atoms with Gasteiger partial charge in [0.05, 0.1) is 0 Å². The molecule has 1 saturated heterocycles. The first-order valence-electron chi connectivity index (χ1n) is 7.91. The summed E-state index contributed by atoms with van der Waals surface area (Å²) in [5.41, 5.74) is 0.806.